The van der Waals surface area contributed by atoms with Crippen LogP contribution < -0.4 is 15.2 Å². The topological polar surface area (TPSA) is 126 Å². The first kappa shape index (κ1) is 16.2. The van der Waals surface area contributed by atoms with Crippen molar-refractivity contribution < 1.29 is 18.4 Å². The van der Waals surface area contributed by atoms with E-state index in [0.29, 0.717) is 11.1 Å². The molecule has 9 heteroatoms. The Kier molecular flexibility index (Phi) is 5.74. The number of nitrogens with two attached hydrogens (primary N) is 1. The molecule has 0 bridgehead atoms. The molecule has 0 atom stereocenters. The number of nitrogens with one attached hydrogen (secondary N) is 2. The van der Waals surface area contributed by atoms with Gasteiger partial charge in [-0.25, -0.2) is 0 Å². The first-order chi connectivity index (χ1) is 9.41. The number of nitrogens with zero attached hydrogens (tertiary/aromatic N) is 1. The molecule has 0 saturated carbocycles. The van der Waals surface area contributed by atoms with Crippen molar-refractivity contribution >= 4 is 21.7 Å². The fourth-order valence-electron chi connectivity index (χ4n) is 1.60. The molecular formula is C11H18N4O4S. The number of hydrogen-bond donors (Lipinski definition) is 4. The zero-order valence-electron chi connectivity index (χ0n) is 11.3. The lowest BCUT2D eigenvalue weighted by molar-refractivity contribution is 0.204. The van der Waals surface area contributed by atoms with Crippen LogP contribution in [0.25, 0.3) is 0 Å². The number of hydrogen-bond acceptors (Lipinski definition) is 5. The van der Waals surface area contributed by atoms with E-state index >= 15 is 0 Å². The van der Waals surface area contributed by atoms with Crippen LogP contribution in [0, 0.1) is 6.92 Å². The molecule has 0 fully saturated rings. The van der Waals surface area contributed by atoms with Gasteiger partial charge in [0.05, 0.1) is 12.3 Å². The highest BCUT2D eigenvalue weighted by atomic mass is 32.2. The Morgan fingerprint density at radius 1 is 1.50 bits per heavy atom. The molecule has 0 amide bonds. The van der Waals surface area contributed by atoms with Gasteiger partial charge in [0.1, 0.15) is 0 Å². The summed E-state index contributed by atoms with van der Waals surface area (Å²) in [5.41, 5.74) is 6.79. The zero-order chi connectivity index (χ0) is 15.2. The third-order valence-electron chi connectivity index (χ3n) is 2.48. The maximum Gasteiger partial charge on any atom is 0.299 e. The standard InChI is InChI=1S/C11H18N4O4S/c1-8-4-3-5-9(10(8)11(12)14-16)15-20(17,18)13-6-7-19-2/h3-5,13,15-16H,6-7H2,1-2H3,(H2,12,14). The first-order valence-corrected chi connectivity index (χ1v) is 7.23. The fourth-order valence-corrected chi connectivity index (χ4v) is 2.49. The molecule has 0 aliphatic rings. The van der Waals surface area contributed by atoms with Gasteiger partial charge < -0.3 is 15.7 Å². The summed E-state index contributed by atoms with van der Waals surface area (Å²) in [6.07, 6.45) is 0. The largest absolute Gasteiger partial charge is 0.409 e. The van der Waals surface area contributed by atoms with Gasteiger partial charge in [-0.05, 0) is 18.6 Å². The molecule has 0 aliphatic heterocycles. The van der Waals surface area contributed by atoms with Crippen LogP contribution in [0.2, 0.25) is 0 Å². The van der Waals surface area contributed by atoms with Crippen molar-refractivity contribution in [3.05, 3.63) is 29.3 Å². The molecule has 0 saturated heterocycles. The Balaban J connectivity index is 3.01. The van der Waals surface area contributed by atoms with Gasteiger partial charge in [0.15, 0.2) is 5.84 Å². The quantitative estimate of drug-likeness (QED) is 0.185. The number of oxime groups is 1. The highest BCUT2D eigenvalue weighted by molar-refractivity contribution is 7.90. The van der Waals surface area contributed by atoms with Crippen LogP contribution in [0.5, 0.6) is 0 Å². The van der Waals surface area contributed by atoms with Crippen LogP contribution in [0.4, 0.5) is 5.69 Å². The number of anilines is 1. The summed E-state index contributed by atoms with van der Waals surface area (Å²) in [5.74, 6) is -0.169. The fraction of sp³-hybridized carbons (Fsp3) is 0.364. The van der Waals surface area contributed by atoms with E-state index in [2.05, 4.69) is 14.6 Å². The summed E-state index contributed by atoms with van der Waals surface area (Å²) < 4.78 is 33.1. The van der Waals surface area contributed by atoms with Crippen LogP contribution in [0.1, 0.15) is 11.1 Å². The second-order valence-electron chi connectivity index (χ2n) is 3.98. The smallest absolute Gasteiger partial charge is 0.299 e. The van der Waals surface area contributed by atoms with Crippen molar-refractivity contribution in [1.29, 1.82) is 0 Å². The van der Waals surface area contributed by atoms with E-state index in [9.17, 15) is 8.42 Å². The van der Waals surface area contributed by atoms with E-state index in [4.69, 9.17) is 15.7 Å². The molecule has 0 unspecified atom stereocenters. The summed E-state index contributed by atoms with van der Waals surface area (Å²) >= 11 is 0. The van der Waals surface area contributed by atoms with Gasteiger partial charge in [0.25, 0.3) is 10.2 Å². The predicted octanol–water partition coefficient (Wildman–Crippen LogP) is -0.0178. The van der Waals surface area contributed by atoms with Crippen LogP contribution in [0.15, 0.2) is 23.4 Å². The molecule has 1 rings (SSSR count). The molecule has 0 heterocycles. The lowest BCUT2D eigenvalue weighted by Gasteiger charge is -2.14. The van der Waals surface area contributed by atoms with E-state index < -0.39 is 10.2 Å². The molecule has 0 radical (unpaired) electrons. The Morgan fingerprint density at radius 2 is 2.20 bits per heavy atom. The SMILES string of the molecule is COCCNS(=O)(=O)Nc1cccc(C)c1/C(N)=N/O. The van der Waals surface area contributed by atoms with Gasteiger partial charge in [-0.2, -0.15) is 13.1 Å². The molecule has 1 aromatic rings. The molecule has 8 nitrogen and oxygen atoms in total. The summed E-state index contributed by atoms with van der Waals surface area (Å²) in [4.78, 5) is 0. The average molecular weight is 302 g/mol. The summed E-state index contributed by atoms with van der Waals surface area (Å²) in [7, 11) is -2.29. The molecule has 0 aromatic heterocycles. The van der Waals surface area contributed by atoms with Gasteiger partial charge in [0, 0.05) is 19.2 Å². The third kappa shape index (κ3) is 4.37. The summed E-state index contributed by atoms with van der Waals surface area (Å²) in [6, 6.07) is 4.91. The van der Waals surface area contributed by atoms with Crippen LogP contribution in [0.3, 0.4) is 0 Å². The van der Waals surface area contributed by atoms with Crippen molar-refractivity contribution in [3.63, 3.8) is 0 Å². The van der Waals surface area contributed by atoms with Gasteiger partial charge in [-0.3, -0.25) is 4.72 Å². The lowest BCUT2D eigenvalue weighted by Crippen LogP contribution is -2.33. The Bertz CT molecular complexity index is 586. The van der Waals surface area contributed by atoms with E-state index in [1.807, 2.05) is 0 Å². The molecule has 0 spiro atoms. The number of ether oxygens (including phenoxy) is 1. The van der Waals surface area contributed by atoms with Crippen molar-refractivity contribution in [2.45, 2.75) is 6.92 Å². The Morgan fingerprint density at radius 3 is 2.80 bits per heavy atom. The van der Waals surface area contributed by atoms with Crippen molar-refractivity contribution in [2.24, 2.45) is 10.9 Å². The van der Waals surface area contributed by atoms with Gasteiger partial charge in [0.2, 0.25) is 0 Å². The number of benzene rings is 1. The molecular weight excluding hydrogens is 284 g/mol. The van der Waals surface area contributed by atoms with Crippen LogP contribution >= 0.6 is 0 Å². The molecule has 112 valence electrons. The number of rotatable bonds is 7. The predicted molar refractivity (Wildman–Crippen MR) is 76.1 cm³/mol. The van der Waals surface area contributed by atoms with Crippen molar-refractivity contribution in [1.82, 2.24) is 4.72 Å². The average Bonchev–Trinajstić information content (AvgIpc) is 2.38. The minimum Gasteiger partial charge on any atom is -0.409 e. The highest BCUT2D eigenvalue weighted by Crippen LogP contribution is 2.20. The Labute approximate surface area is 117 Å². The summed E-state index contributed by atoms with van der Waals surface area (Å²) in [6.45, 7) is 2.11. The number of amidine groups is 1. The second-order valence-corrected chi connectivity index (χ2v) is 5.48. The van der Waals surface area contributed by atoms with Gasteiger partial charge in [-0.1, -0.05) is 17.3 Å². The van der Waals surface area contributed by atoms with Gasteiger partial charge >= 0.3 is 0 Å². The second kappa shape index (κ2) is 7.08. The zero-order valence-corrected chi connectivity index (χ0v) is 12.1. The maximum absolute atomic E-state index is 11.8. The molecule has 0 aliphatic carbocycles. The monoisotopic (exact) mass is 302 g/mol. The normalized spacial score (nSPS) is 12.4. The minimum absolute atomic E-state index is 0.135. The summed E-state index contributed by atoms with van der Waals surface area (Å²) in [5, 5.41) is 11.7. The number of aryl methyl sites for hydroxylation is 1. The van der Waals surface area contributed by atoms with Crippen LogP contribution in [-0.4, -0.2) is 39.7 Å². The lowest BCUT2D eigenvalue weighted by atomic mass is 10.1. The van der Waals surface area contributed by atoms with Crippen LogP contribution in [-0.2, 0) is 14.9 Å². The van der Waals surface area contributed by atoms with E-state index in [1.165, 1.54) is 13.2 Å². The third-order valence-corrected chi connectivity index (χ3v) is 3.55. The number of methoxy groups -OCH3 is 1. The molecule has 20 heavy (non-hydrogen) atoms. The van der Waals surface area contributed by atoms with E-state index in [-0.39, 0.29) is 24.7 Å². The molecule has 1 aromatic carbocycles. The van der Waals surface area contributed by atoms with Crippen molar-refractivity contribution in [3.8, 4) is 0 Å². The van der Waals surface area contributed by atoms with E-state index in [0.717, 1.165) is 0 Å². The maximum atomic E-state index is 11.8. The Hall–Kier alpha value is -1.84. The van der Waals surface area contributed by atoms with Crippen molar-refractivity contribution in [2.75, 3.05) is 25.0 Å². The highest BCUT2D eigenvalue weighted by Gasteiger charge is 2.15. The van der Waals surface area contributed by atoms with Gasteiger partial charge in [-0.15, -0.1) is 0 Å². The first-order valence-electron chi connectivity index (χ1n) is 5.75. The minimum atomic E-state index is -3.76. The molecule has 5 N–H and O–H groups in total. The van der Waals surface area contributed by atoms with E-state index in [1.54, 1.807) is 19.1 Å².